The standard InChI is InChI=1S/C18H29N3O3/c1-4-5-6-20-7-8-23-13-18(11-20)9-17(22)21(12-18)10-16-14(2)19-24-15(16)3/h4-13H2,1-3H3/t18-/m1/s1. The van der Waals surface area contributed by atoms with Gasteiger partial charge in [-0.1, -0.05) is 18.5 Å². The molecule has 24 heavy (non-hydrogen) atoms. The second-order valence-corrected chi connectivity index (χ2v) is 7.41. The Balaban J connectivity index is 1.70. The topological polar surface area (TPSA) is 58.8 Å². The number of rotatable bonds is 5. The number of aromatic nitrogens is 1. The molecule has 2 fully saturated rings. The summed E-state index contributed by atoms with van der Waals surface area (Å²) in [6.07, 6.45) is 2.98. The SMILES string of the molecule is CCCCN1CCOC[C@]2(CC(=O)N(Cc3c(C)noc3C)C2)C1. The molecule has 0 radical (unpaired) electrons. The summed E-state index contributed by atoms with van der Waals surface area (Å²) in [5.74, 6) is 1.03. The highest BCUT2D eigenvalue weighted by Gasteiger charge is 2.45. The lowest BCUT2D eigenvalue weighted by molar-refractivity contribution is -0.128. The lowest BCUT2D eigenvalue weighted by atomic mass is 9.87. The molecule has 0 aromatic carbocycles. The first-order valence-electron chi connectivity index (χ1n) is 9.02. The number of unbranched alkanes of at least 4 members (excludes halogenated alkanes) is 1. The largest absolute Gasteiger partial charge is 0.379 e. The van der Waals surface area contributed by atoms with Gasteiger partial charge in [0.15, 0.2) is 0 Å². The highest BCUT2D eigenvalue weighted by Crippen LogP contribution is 2.35. The minimum atomic E-state index is -0.0691. The van der Waals surface area contributed by atoms with E-state index in [9.17, 15) is 4.79 Å². The Hall–Kier alpha value is -1.40. The van der Waals surface area contributed by atoms with Gasteiger partial charge in [-0.25, -0.2) is 0 Å². The fourth-order valence-electron chi connectivity index (χ4n) is 3.90. The number of aryl methyl sites for hydroxylation is 2. The summed E-state index contributed by atoms with van der Waals surface area (Å²) in [5.41, 5.74) is 1.85. The molecule has 2 aliphatic heterocycles. The molecule has 0 unspecified atom stereocenters. The van der Waals surface area contributed by atoms with Crippen molar-refractivity contribution in [3.05, 3.63) is 17.0 Å². The zero-order valence-electron chi connectivity index (χ0n) is 15.1. The van der Waals surface area contributed by atoms with Gasteiger partial charge in [0, 0.05) is 37.0 Å². The van der Waals surface area contributed by atoms with Gasteiger partial charge >= 0.3 is 0 Å². The molecule has 1 spiro atoms. The molecule has 6 heteroatoms. The molecular weight excluding hydrogens is 306 g/mol. The van der Waals surface area contributed by atoms with E-state index < -0.39 is 0 Å². The summed E-state index contributed by atoms with van der Waals surface area (Å²) in [6.45, 7) is 11.9. The van der Waals surface area contributed by atoms with Gasteiger partial charge in [-0.3, -0.25) is 4.79 Å². The number of hydrogen-bond acceptors (Lipinski definition) is 5. The van der Waals surface area contributed by atoms with Crippen LogP contribution in [0.1, 0.15) is 43.2 Å². The fraction of sp³-hybridized carbons (Fsp3) is 0.778. The Morgan fingerprint density at radius 1 is 1.29 bits per heavy atom. The summed E-state index contributed by atoms with van der Waals surface area (Å²) < 4.78 is 11.1. The van der Waals surface area contributed by atoms with Gasteiger partial charge in [0.1, 0.15) is 5.76 Å². The number of amides is 1. The number of carbonyl (C=O) groups is 1. The van der Waals surface area contributed by atoms with Crippen molar-refractivity contribution in [3.8, 4) is 0 Å². The zero-order chi connectivity index (χ0) is 17.2. The van der Waals surface area contributed by atoms with Crippen molar-refractivity contribution in [3.63, 3.8) is 0 Å². The minimum Gasteiger partial charge on any atom is -0.379 e. The smallest absolute Gasteiger partial charge is 0.223 e. The number of hydrogen-bond donors (Lipinski definition) is 0. The average Bonchev–Trinajstić information content (AvgIpc) is 2.94. The Bertz CT molecular complexity index is 567. The molecule has 0 N–H and O–H groups in total. The molecule has 1 aromatic rings. The Labute approximate surface area is 144 Å². The van der Waals surface area contributed by atoms with Gasteiger partial charge in [0.2, 0.25) is 5.91 Å². The minimum absolute atomic E-state index is 0.0691. The second-order valence-electron chi connectivity index (χ2n) is 7.41. The van der Waals surface area contributed by atoms with Crippen molar-refractivity contribution >= 4 is 5.91 Å². The summed E-state index contributed by atoms with van der Waals surface area (Å²) in [5, 5.41) is 4.00. The van der Waals surface area contributed by atoms with Crippen LogP contribution in [0.15, 0.2) is 4.52 Å². The van der Waals surface area contributed by atoms with Gasteiger partial charge in [-0.2, -0.15) is 0 Å². The van der Waals surface area contributed by atoms with E-state index in [0.29, 0.717) is 19.6 Å². The van der Waals surface area contributed by atoms with Crippen molar-refractivity contribution in [2.75, 3.05) is 39.4 Å². The van der Waals surface area contributed by atoms with E-state index in [0.717, 1.165) is 49.8 Å². The monoisotopic (exact) mass is 335 g/mol. The summed E-state index contributed by atoms with van der Waals surface area (Å²) in [4.78, 5) is 17.1. The number of nitrogens with zero attached hydrogens (tertiary/aromatic N) is 3. The van der Waals surface area contributed by atoms with Crippen LogP contribution >= 0.6 is 0 Å². The summed E-state index contributed by atoms with van der Waals surface area (Å²) in [6, 6.07) is 0. The first-order chi connectivity index (χ1) is 11.5. The highest BCUT2D eigenvalue weighted by atomic mass is 16.5. The molecule has 2 aliphatic rings. The molecule has 3 rings (SSSR count). The lowest BCUT2D eigenvalue weighted by Crippen LogP contribution is -2.41. The molecule has 0 bridgehead atoms. The van der Waals surface area contributed by atoms with Crippen LogP contribution in [0.25, 0.3) is 0 Å². The highest BCUT2D eigenvalue weighted by molar-refractivity contribution is 5.79. The summed E-state index contributed by atoms with van der Waals surface area (Å²) in [7, 11) is 0. The fourth-order valence-corrected chi connectivity index (χ4v) is 3.90. The van der Waals surface area contributed by atoms with Gasteiger partial charge < -0.3 is 19.1 Å². The third-order valence-corrected chi connectivity index (χ3v) is 5.28. The number of carbonyl (C=O) groups excluding carboxylic acids is 1. The third kappa shape index (κ3) is 3.64. The van der Waals surface area contributed by atoms with Crippen molar-refractivity contribution in [1.82, 2.24) is 15.0 Å². The van der Waals surface area contributed by atoms with E-state index in [1.54, 1.807) is 0 Å². The quantitative estimate of drug-likeness (QED) is 0.825. The molecule has 0 aliphatic carbocycles. The molecule has 0 saturated carbocycles. The Kier molecular flexibility index (Phi) is 5.25. The number of likely N-dealkylation sites (tertiary alicyclic amines) is 1. The predicted molar refractivity (Wildman–Crippen MR) is 90.6 cm³/mol. The maximum atomic E-state index is 12.6. The normalized spacial score (nSPS) is 25.6. The van der Waals surface area contributed by atoms with Crippen LogP contribution in [0.3, 0.4) is 0 Å². The molecule has 1 aromatic heterocycles. The maximum Gasteiger partial charge on any atom is 0.223 e. The Morgan fingerprint density at radius 2 is 2.12 bits per heavy atom. The van der Waals surface area contributed by atoms with Gasteiger partial charge in [0.25, 0.3) is 0 Å². The molecular formula is C18H29N3O3. The molecule has 1 atom stereocenters. The van der Waals surface area contributed by atoms with E-state index >= 15 is 0 Å². The van der Waals surface area contributed by atoms with Crippen LogP contribution in [0.4, 0.5) is 0 Å². The van der Waals surface area contributed by atoms with E-state index in [1.165, 1.54) is 12.8 Å². The second kappa shape index (κ2) is 7.23. The van der Waals surface area contributed by atoms with E-state index in [2.05, 4.69) is 17.0 Å². The molecule has 6 nitrogen and oxygen atoms in total. The molecule has 2 saturated heterocycles. The first kappa shape index (κ1) is 17.4. The van der Waals surface area contributed by atoms with E-state index in [-0.39, 0.29) is 11.3 Å². The molecule has 1 amide bonds. The van der Waals surface area contributed by atoms with Crippen LogP contribution in [0.5, 0.6) is 0 Å². The van der Waals surface area contributed by atoms with Crippen LogP contribution in [0.2, 0.25) is 0 Å². The van der Waals surface area contributed by atoms with E-state index in [4.69, 9.17) is 9.26 Å². The Morgan fingerprint density at radius 3 is 2.83 bits per heavy atom. The van der Waals surface area contributed by atoms with E-state index in [1.807, 2.05) is 18.7 Å². The lowest BCUT2D eigenvalue weighted by Gasteiger charge is -2.31. The first-order valence-corrected chi connectivity index (χ1v) is 9.02. The summed E-state index contributed by atoms with van der Waals surface area (Å²) >= 11 is 0. The van der Waals surface area contributed by atoms with Crippen LogP contribution in [-0.2, 0) is 16.1 Å². The zero-order valence-corrected chi connectivity index (χ0v) is 15.1. The van der Waals surface area contributed by atoms with Crippen LogP contribution < -0.4 is 0 Å². The van der Waals surface area contributed by atoms with Gasteiger partial charge in [-0.15, -0.1) is 0 Å². The van der Waals surface area contributed by atoms with Crippen molar-refractivity contribution in [2.24, 2.45) is 5.41 Å². The van der Waals surface area contributed by atoms with Crippen molar-refractivity contribution in [2.45, 2.75) is 46.6 Å². The van der Waals surface area contributed by atoms with Crippen LogP contribution in [0, 0.1) is 19.3 Å². The third-order valence-electron chi connectivity index (χ3n) is 5.28. The van der Waals surface area contributed by atoms with Crippen molar-refractivity contribution in [1.29, 1.82) is 0 Å². The predicted octanol–water partition coefficient (Wildman–Crippen LogP) is 2.14. The molecule has 3 heterocycles. The average molecular weight is 335 g/mol. The van der Waals surface area contributed by atoms with Crippen molar-refractivity contribution < 1.29 is 14.1 Å². The number of ether oxygens (including phenoxy) is 1. The maximum absolute atomic E-state index is 12.6. The van der Waals surface area contributed by atoms with Crippen LogP contribution in [-0.4, -0.2) is 60.3 Å². The van der Waals surface area contributed by atoms with Gasteiger partial charge in [-0.05, 0) is 26.8 Å². The molecule has 134 valence electrons. The van der Waals surface area contributed by atoms with Gasteiger partial charge in [0.05, 0.1) is 25.5 Å².